The van der Waals surface area contributed by atoms with Crippen LogP contribution in [0.25, 0.3) is 11.3 Å². The predicted octanol–water partition coefficient (Wildman–Crippen LogP) is 3.86. The van der Waals surface area contributed by atoms with E-state index in [-0.39, 0.29) is 23.8 Å². The summed E-state index contributed by atoms with van der Waals surface area (Å²) in [6, 6.07) is 4.85. The van der Waals surface area contributed by atoms with Gasteiger partial charge in [-0.1, -0.05) is 12.2 Å². The number of aromatic amines is 1. The van der Waals surface area contributed by atoms with E-state index in [9.17, 15) is 14.4 Å². The fourth-order valence-electron chi connectivity index (χ4n) is 4.74. The van der Waals surface area contributed by atoms with Crippen molar-refractivity contribution in [3.63, 3.8) is 0 Å². The fourth-order valence-corrected chi connectivity index (χ4v) is 4.74. The van der Waals surface area contributed by atoms with Crippen LogP contribution in [0.2, 0.25) is 0 Å². The minimum absolute atomic E-state index is 0.0147. The standard InChI is InChI=1S/C26H34N6O4/c1-36-26(35)29-18-11-12-19-21(13-18)30-23(33)6-4-2-3-5-20(24-28-15-22(19)31-24)32-25(34)17-9-7-16(14-27)8-10-17/h2-3,11-13,15-17,20H,4-10,14,27H2,1H3,(H,28,31)(H,29,35)(H,30,33)(H,32,34)/b3-2+/t16-,17-,20-/m0/s1. The lowest BCUT2D eigenvalue weighted by atomic mass is 9.81. The largest absolute Gasteiger partial charge is 0.453 e. The first kappa shape index (κ1) is 25.4. The summed E-state index contributed by atoms with van der Waals surface area (Å²) >= 11 is 0. The second-order valence-corrected chi connectivity index (χ2v) is 9.36. The number of nitrogens with zero attached hydrogens (tertiary/aromatic N) is 1. The first-order valence-corrected chi connectivity index (χ1v) is 12.5. The molecule has 2 aliphatic rings. The lowest BCUT2D eigenvalue weighted by molar-refractivity contribution is -0.127. The number of H-pyrrole nitrogens is 1. The van der Waals surface area contributed by atoms with Crippen molar-refractivity contribution in [2.45, 2.75) is 51.0 Å². The Morgan fingerprint density at radius 3 is 2.75 bits per heavy atom. The molecule has 4 rings (SSSR count). The number of carbonyl (C=O) groups excluding carboxylic acids is 3. The molecule has 1 aliphatic heterocycles. The minimum Gasteiger partial charge on any atom is -0.453 e. The van der Waals surface area contributed by atoms with Crippen LogP contribution in [0.3, 0.4) is 0 Å². The number of methoxy groups -OCH3 is 1. The molecule has 1 saturated carbocycles. The Morgan fingerprint density at radius 1 is 1.19 bits per heavy atom. The predicted molar refractivity (Wildman–Crippen MR) is 137 cm³/mol. The normalized spacial score (nSPS) is 23.1. The highest BCUT2D eigenvalue weighted by Crippen LogP contribution is 2.32. The van der Waals surface area contributed by atoms with Gasteiger partial charge in [0.15, 0.2) is 0 Å². The average molecular weight is 495 g/mol. The zero-order chi connectivity index (χ0) is 25.5. The number of nitrogens with one attached hydrogen (secondary N) is 4. The molecule has 1 fully saturated rings. The lowest BCUT2D eigenvalue weighted by Gasteiger charge is -2.28. The van der Waals surface area contributed by atoms with E-state index in [1.807, 2.05) is 12.2 Å². The molecule has 2 aromatic rings. The Bertz CT molecular complexity index is 1120. The molecule has 10 heteroatoms. The summed E-state index contributed by atoms with van der Waals surface area (Å²) in [5.74, 6) is 1.03. The van der Waals surface area contributed by atoms with Gasteiger partial charge in [-0.3, -0.25) is 14.9 Å². The minimum atomic E-state index is -0.604. The Balaban J connectivity index is 1.58. The van der Waals surface area contributed by atoms with Crippen molar-refractivity contribution < 1.29 is 19.1 Å². The number of hydrogen-bond acceptors (Lipinski definition) is 6. The van der Waals surface area contributed by atoms with Gasteiger partial charge < -0.3 is 26.1 Å². The van der Waals surface area contributed by atoms with Gasteiger partial charge in [-0.2, -0.15) is 0 Å². The number of ether oxygens (including phenoxy) is 1. The fraction of sp³-hybridized carbons (Fsp3) is 0.462. The number of amides is 3. The molecule has 1 atom stereocenters. The highest BCUT2D eigenvalue weighted by Gasteiger charge is 2.28. The van der Waals surface area contributed by atoms with Crippen molar-refractivity contribution in [2.75, 3.05) is 24.3 Å². The van der Waals surface area contributed by atoms with Crippen LogP contribution in [0.15, 0.2) is 36.5 Å². The van der Waals surface area contributed by atoms with Gasteiger partial charge in [-0.15, -0.1) is 0 Å². The van der Waals surface area contributed by atoms with Gasteiger partial charge in [-0.05, 0) is 69.2 Å². The van der Waals surface area contributed by atoms with Crippen molar-refractivity contribution >= 4 is 29.3 Å². The molecule has 0 saturated heterocycles. The van der Waals surface area contributed by atoms with Crippen molar-refractivity contribution in [3.8, 4) is 11.3 Å². The number of benzene rings is 1. The van der Waals surface area contributed by atoms with E-state index in [0.717, 1.165) is 25.7 Å². The van der Waals surface area contributed by atoms with Crippen LogP contribution in [0.5, 0.6) is 0 Å². The molecular weight excluding hydrogens is 460 g/mol. The maximum Gasteiger partial charge on any atom is 0.411 e. The van der Waals surface area contributed by atoms with Gasteiger partial charge in [0.25, 0.3) is 0 Å². The van der Waals surface area contributed by atoms with Gasteiger partial charge in [0.1, 0.15) is 5.82 Å². The van der Waals surface area contributed by atoms with E-state index in [2.05, 4.69) is 25.7 Å². The van der Waals surface area contributed by atoms with Crippen LogP contribution in [-0.2, 0) is 14.3 Å². The van der Waals surface area contributed by atoms with Crippen LogP contribution in [0, 0.1) is 11.8 Å². The molecule has 6 N–H and O–H groups in total. The molecular formula is C26H34N6O4. The van der Waals surface area contributed by atoms with E-state index in [1.165, 1.54) is 7.11 Å². The smallest absolute Gasteiger partial charge is 0.411 e. The molecule has 2 heterocycles. The summed E-state index contributed by atoms with van der Waals surface area (Å²) in [6.07, 6.45) is 10.2. The molecule has 0 spiro atoms. The monoisotopic (exact) mass is 494 g/mol. The Labute approximate surface area is 210 Å². The maximum atomic E-state index is 13.1. The molecule has 10 nitrogen and oxygen atoms in total. The Kier molecular flexibility index (Phi) is 8.37. The Hall–Kier alpha value is -3.66. The highest BCUT2D eigenvalue weighted by atomic mass is 16.5. The molecule has 0 unspecified atom stereocenters. The molecule has 3 amide bonds. The number of nitrogens with two attached hydrogens (primary N) is 1. The topological polar surface area (TPSA) is 151 Å². The third kappa shape index (κ3) is 6.31. The maximum absolute atomic E-state index is 13.1. The zero-order valence-corrected chi connectivity index (χ0v) is 20.5. The number of carbonyl (C=O) groups is 3. The summed E-state index contributed by atoms with van der Waals surface area (Å²) in [5, 5.41) is 8.73. The number of imidazole rings is 1. The zero-order valence-electron chi connectivity index (χ0n) is 20.5. The second kappa shape index (κ2) is 11.9. The first-order valence-electron chi connectivity index (χ1n) is 12.5. The SMILES string of the molecule is COC(=O)Nc1ccc2c(c1)NC(=O)CC/C=C/C[C@H](NC(=O)[C@H]1CC[C@H](CN)CC1)c1nc-2c[nH]1. The first-order chi connectivity index (χ1) is 17.5. The summed E-state index contributed by atoms with van der Waals surface area (Å²) in [6.45, 7) is 0.677. The summed E-state index contributed by atoms with van der Waals surface area (Å²) in [4.78, 5) is 45.3. The van der Waals surface area contributed by atoms with Crippen molar-refractivity contribution in [3.05, 3.63) is 42.4 Å². The summed E-state index contributed by atoms with van der Waals surface area (Å²) in [7, 11) is 1.28. The van der Waals surface area contributed by atoms with E-state index >= 15 is 0 Å². The third-order valence-corrected chi connectivity index (χ3v) is 6.87. The number of fused-ring (bicyclic) bond motifs is 4. The quantitative estimate of drug-likeness (QED) is 0.407. The lowest BCUT2D eigenvalue weighted by Crippen LogP contribution is -2.36. The second-order valence-electron chi connectivity index (χ2n) is 9.36. The molecule has 0 radical (unpaired) electrons. The number of aromatic nitrogens is 2. The van der Waals surface area contributed by atoms with Gasteiger partial charge in [0, 0.05) is 29.8 Å². The summed E-state index contributed by atoms with van der Waals surface area (Å²) < 4.78 is 4.66. The third-order valence-electron chi connectivity index (χ3n) is 6.87. The molecule has 36 heavy (non-hydrogen) atoms. The van der Waals surface area contributed by atoms with Crippen molar-refractivity contribution in [1.29, 1.82) is 0 Å². The van der Waals surface area contributed by atoms with Gasteiger partial charge in [0.05, 0.1) is 24.5 Å². The van der Waals surface area contributed by atoms with Crippen LogP contribution >= 0.6 is 0 Å². The van der Waals surface area contributed by atoms with Gasteiger partial charge >= 0.3 is 6.09 Å². The summed E-state index contributed by atoms with van der Waals surface area (Å²) in [5.41, 5.74) is 8.12. The van der Waals surface area contributed by atoms with E-state index in [4.69, 9.17) is 10.7 Å². The number of rotatable bonds is 4. The van der Waals surface area contributed by atoms with Crippen LogP contribution in [-0.4, -0.2) is 41.5 Å². The molecule has 1 aromatic heterocycles. The molecule has 1 aliphatic carbocycles. The van der Waals surface area contributed by atoms with Crippen molar-refractivity contribution in [1.82, 2.24) is 15.3 Å². The highest BCUT2D eigenvalue weighted by molar-refractivity contribution is 5.97. The number of hydrogen-bond donors (Lipinski definition) is 5. The van der Waals surface area contributed by atoms with Gasteiger partial charge in [-0.25, -0.2) is 9.78 Å². The van der Waals surface area contributed by atoms with Crippen LogP contribution in [0.4, 0.5) is 16.2 Å². The van der Waals surface area contributed by atoms with Crippen LogP contribution < -0.4 is 21.7 Å². The van der Waals surface area contributed by atoms with E-state index < -0.39 is 6.09 Å². The molecule has 192 valence electrons. The molecule has 2 bridgehead atoms. The van der Waals surface area contributed by atoms with E-state index in [0.29, 0.717) is 60.2 Å². The Morgan fingerprint density at radius 2 is 2.00 bits per heavy atom. The number of anilines is 2. The van der Waals surface area contributed by atoms with E-state index in [1.54, 1.807) is 24.4 Å². The van der Waals surface area contributed by atoms with Crippen molar-refractivity contribution in [2.24, 2.45) is 17.6 Å². The molecule has 1 aromatic carbocycles. The van der Waals surface area contributed by atoms with Crippen LogP contribution in [0.1, 0.15) is 56.8 Å². The average Bonchev–Trinajstić information content (AvgIpc) is 3.37. The van der Waals surface area contributed by atoms with Gasteiger partial charge in [0.2, 0.25) is 11.8 Å². The number of allylic oxidation sites excluding steroid dienone is 1.